The van der Waals surface area contributed by atoms with Crippen molar-refractivity contribution < 1.29 is 9.53 Å². The molecule has 0 aliphatic carbocycles. The Labute approximate surface area is 124 Å². The number of hydrogen-bond donors (Lipinski definition) is 2. The van der Waals surface area contributed by atoms with Crippen molar-refractivity contribution in [3.8, 4) is 11.5 Å². The van der Waals surface area contributed by atoms with Gasteiger partial charge in [0, 0.05) is 5.54 Å². The minimum Gasteiger partial charge on any atom is -0.457 e. The molecule has 0 spiro atoms. The van der Waals surface area contributed by atoms with E-state index in [9.17, 15) is 4.79 Å². The van der Waals surface area contributed by atoms with E-state index in [1.807, 2.05) is 38.1 Å². The molecule has 4 heteroatoms. The lowest BCUT2D eigenvalue weighted by molar-refractivity contribution is 0.0998. The molecule has 0 unspecified atom stereocenters. The summed E-state index contributed by atoms with van der Waals surface area (Å²) in [6.45, 7) is 3.97. The van der Waals surface area contributed by atoms with Crippen LogP contribution >= 0.6 is 0 Å². The summed E-state index contributed by atoms with van der Waals surface area (Å²) in [6, 6.07) is 14.6. The maximum atomic E-state index is 11.4. The maximum Gasteiger partial charge on any atom is 0.252 e. The third-order valence-corrected chi connectivity index (χ3v) is 2.96. The lowest BCUT2D eigenvalue weighted by Gasteiger charge is -2.18. The van der Waals surface area contributed by atoms with E-state index in [4.69, 9.17) is 16.2 Å². The summed E-state index contributed by atoms with van der Waals surface area (Å²) in [6.07, 6.45) is 0.783. The molecule has 0 saturated heterocycles. The molecule has 0 aliphatic heterocycles. The molecule has 0 radical (unpaired) electrons. The summed E-state index contributed by atoms with van der Waals surface area (Å²) in [5.41, 5.74) is 12.6. The second-order valence-electron chi connectivity index (χ2n) is 5.77. The monoisotopic (exact) mass is 284 g/mol. The number of hydrogen-bond acceptors (Lipinski definition) is 3. The zero-order valence-corrected chi connectivity index (χ0v) is 12.3. The third kappa shape index (κ3) is 4.33. The van der Waals surface area contributed by atoms with E-state index in [0.717, 1.165) is 12.0 Å². The van der Waals surface area contributed by atoms with Crippen molar-refractivity contribution in [2.75, 3.05) is 0 Å². The lowest BCUT2D eigenvalue weighted by atomic mass is 9.96. The highest BCUT2D eigenvalue weighted by Gasteiger charge is 2.12. The Kier molecular flexibility index (Phi) is 4.29. The Hall–Kier alpha value is -2.33. The summed E-state index contributed by atoms with van der Waals surface area (Å²) >= 11 is 0. The number of rotatable bonds is 5. The van der Waals surface area contributed by atoms with E-state index >= 15 is 0 Å². The Bertz CT molecular complexity index is 628. The van der Waals surface area contributed by atoms with Crippen LogP contribution in [0.1, 0.15) is 29.8 Å². The summed E-state index contributed by atoms with van der Waals surface area (Å²) in [4.78, 5) is 11.4. The van der Waals surface area contributed by atoms with Gasteiger partial charge in [-0.15, -0.1) is 0 Å². The number of amides is 1. The number of para-hydroxylation sites is 1. The summed E-state index contributed by atoms with van der Waals surface area (Å²) in [5.74, 6) is 0.603. The Morgan fingerprint density at radius 2 is 1.71 bits per heavy atom. The van der Waals surface area contributed by atoms with Crippen molar-refractivity contribution >= 4 is 5.91 Å². The molecule has 2 rings (SSSR count). The smallest absolute Gasteiger partial charge is 0.252 e. The Morgan fingerprint density at radius 3 is 2.29 bits per heavy atom. The molecule has 1 amide bonds. The first-order valence-corrected chi connectivity index (χ1v) is 6.80. The minimum atomic E-state index is -0.507. The van der Waals surface area contributed by atoms with Gasteiger partial charge in [0.25, 0.3) is 5.91 Å². The Balaban J connectivity index is 2.16. The fraction of sp³-hybridized carbons (Fsp3) is 0.235. The number of carbonyl (C=O) groups is 1. The van der Waals surface area contributed by atoms with Crippen molar-refractivity contribution in [3.63, 3.8) is 0 Å². The van der Waals surface area contributed by atoms with Gasteiger partial charge in [-0.3, -0.25) is 4.79 Å². The third-order valence-electron chi connectivity index (χ3n) is 2.96. The SMILES string of the molecule is CC(C)(N)Cc1ccc(Oc2ccccc2C(N)=O)cc1. The highest BCUT2D eigenvalue weighted by atomic mass is 16.5. The van der Waals surface area contributed by atoms with Crippen molar-refractivity contribution in [3.05, 3.63) is 59.7 Å². The number of nitrogens with two attached hydrogens (primary N) is 2. The van der Waals surface area contributed by atoms with Crippen LogP contribution in [0.5, 0.6) is 11.5 Å². The first-order chi connectivity index (χ1) is 9.85. The van der Waals surface area contributed by atoms with Crippen LogP contribution in [-0.2, 0) is 6.42 Å². The van der Waals surface area contributed by atoms with Crippen molar-refractivity contribution in [1.82, 2.24) is 0 Å². The molecule has 2 aromatic rings. The molecule has 0 saturated carbocycles. The number of benzene rings is 2. The molecule has 0 bridgehead atoms. The van der Waals surface area contributed by atoms with Gasteiger partial charge in [-0.1, -0.05) is 24.3 Å². The molecule has 21 heavy (non-hydrogen) atoms. The van der Waals surface area contributed by atoms with Crippen LogP contribution in [0.25, 0.3) is 0 Å². The highest BCUT2D eigenvalue weighted by Crippen LogP contribution is 2.25. The van der Waals surface area contributed by atoms with Crippen LogP contribution in [-0.4, -0.2) is 11.4 Å². The molecule has 0 heterocycles. The van der Waals surface area contributed by atoms with Crippen LogP contribution in [0, 0.1) is 0 Å². The second-order valence-corrected chi connectivity index (χ2v) is 5.77. The lowest BCUT2D eigenvalue weighted by Crippen LogP contribution is -2.34. The molecule has 4 nitrogen and oxygen atoms in total. The van der Waals surface area contributed by atoms with Gasteiger partial charge in [0.2, 0.25) is 0 Å². The zero-order chi connectivity index (χ0) is 15.5. The summed E-state index contributed by atoms with van der Waals surface area (Å²) in [5, 5.41) is 0. The van der Waals surface area contributed by atoms with Gasteiger partial charge in [-0.25, -0.2) is 0 Å². The van der Waals surface area contributed by atoms with Gasteiger partial charge in [0.1, 0.15) is 11.5 Å². The maximum absolute atomic E-state index is 11.4. The highest BCUT2D eigenvalue weighted by molar-refractivity contribution is 5.95. The van der Waals surface area contributed by atoms with Crippen LogP contribution in [0.15, 0.2) is 48.5 Å². The number of primary amides is 1. The van der Waals surface area contributed by atoms with E-state index in [2.05, 4.69) is 0 Å². The van der Waals surface area contributed by atoms with Gasteiger partial charge < -0.3 is 16.2 Å². The van der Waals surface area contributed by atoms with Gasteiger partial charge in [-0.05, 0) is 50.1 Å². The minimum absolute atomic E-state index is 0.249. The quantitative estimate of drug-likeness (QED) is 0.886. The van der Waals surface area contributed by atoms with Crippen LogP contribution in [0.2, 0.25) is 0 Å². The average molecular weight is 284 g/mol. The first kappa shape index (κ1) is 15.1. The largest absolute Gasteiger partial charge is 0.457 e. The van der Waals surface area contributed by atoms with Crippen molar-refractivity contribution in [1.29, 1.82) is 0 Å². The van der Waals surface area contributed by atoms with Gasteiger partial charge in [0.05, 0.1) is 5.56 Å². The molecule has 4 N–H and O–H groups in total. The summed E-state index contributed by atoms with van der Waals surface area (Å²) in [7, 11) is 0. The molecular weight excluding hydrogens is 264 g/mol. The number of ether oxygens (including phenoxy) is 1. The van der Waals surface area contributed by atoms with Crippen LogP contribution in [0.4, 0.5) is 0 Å². The topological polar surface area (TPSA) is 78.3 Å². The van der Waals surface area contributed by atoms with Crippen molar-refractivity contribution in [2.45, 2.75) is 25.8 Å². The standard InChI is InChI=1S/C17H20N2O2/c1-17(2,19)11-12-7-9-13(10-8-12)21-15-6-4-3-5-14(15)16(18)20/h3-10H,11,19H2,1-2H3,(H2,18,20). The molecule has 0 atom stereocenters. The van der Waals surface area contributed by atoms with Gasteiger partial charge in [0.15, 0.2) is 0 Å². The van der Waals surface area contributed by atoms with Gasteiger partial charge in [-0.2, -0.15) is 0 Å². The van der Waals surface area contributed by atoms with E-state index < -0.39 is 5.91 Å². The Morgan fingerprint density at radius 1 is 1.10 bits per heavy atom. The molecule has 0 fully saturated rings. The van der Waals surface area contributed by atoms with Crippen LogP contribution < -0.4 is 16.2 Å². The molecule has 2 aromatic carbocycles. The van der Waals surface area contributed by atoms with Crippen LogP contribution in [0.3, 0.4) is 0 Å². The first-order valence-electron chi connectivity index (χ1n) is 6.80. The average Bonchev–Trinajstić information content (AvgIpc) is 2.40. The summed E-state index contributed by atoms with van der Waals surface area (Å²) < 4.78 is 5.72. The molecule has 0 aromatic heterocycles. The number of carbonyl (C=O) groups excluding carboxylic acids is 1. The molecule has 0 aliphatic rings. The van der Waals surface area contributed by atoms with Gasteiger partial charge >= 0.3 is 0 Å². The zero-order valence-electron chi connectivity index (χ0n) is 12.3. The molecule has 110 valence electrons. The normalized spacial score (nSPS) is 11.2. The fourth-order valence-electron chi connectivity index (χ4n) is 2.09. The van der Waals surface area contributed by atoms with E-state index in [0.29, 0.717) is 17.1 Å². The molecular formula is C17H20N2O2. The van der Waals surface area contributed by atoms with E-state index in [1.165, 1.54) is 0 Å². The predicted molar refractivity (Wildman–Crippen MR) is 83.4 cm³/mol. The predicted octanol–water partition coefficient (Wildman–Crippen LogP) is 2.86. The van der Waals surface area contributed by atoms with Crippen molar-refractivity contribution in [2.24, 2.45) is 11.5 Å². The second kappa shape index (κ2) is 5.97. The van der Waals surface area contributed by atoms with E-state index in [-0.39, 0.29) is 5.54 Å². The fourth-order valence-corrected chi connectivity index (χ4v) is 2.09. The van der Waals surface area contributed by atoms with E-state index in [1.54, 1.807) is 24.3 Å².